The molecule has 2 heterocycles. The van der Waals surface area contributed by atoms with Crippen LogP contribution in [0.5, 0.6) is 11.5 Å². The number of aromatic hydroxyl groups is 2. The molecule has 0 saturated carbocycles. The lowest BCUT2D eigenvalue weighted by Gasteiger charge is -2.46. The van der Waals surface area contributed by atoms with Crippen LogP contribution in [0.15, 0.2) is 33.9 Å². The molecule has 4 atom stereocenters. The minimum atomic E-state index is -2.78. The fraction of sp³-hybridized carbons (Fsp3) is 0.316. The summed E-state index contributed by atoms with van der Waals surface area (Å²) in [5.41, 5.74) is 2.56. The van der Waals surface area contributed by atoms with Crippen molar-refractivity contribution in [2.24, 2.45) is 5.10 Å². The highest BCUT2D eigenvalue weighted by atomic mass is 32.2. The average Bonchev–Trinajstić information content (AvgIpc) is 3.23. The van der Waals surface area contributed by atoms with Gasteiger partial charge in [-0.3, -0.25) is 9.59 Å². The van der Waals surface area contributed by atoms with E-state index in [1.165, 1.54) is 24.3 Å². The maximum absolute atomic E-state index is 12.3. The summed E-state index contributed by atoms with van der Waals surface area (Å²) in [4.78, 5) is 37.0. The van der Waals surface area contributed by atoms with Gasteiger partial charge in [-0.1, -0.05) is 5.16 Å². The molecule has 33 heavy (non-hydrogen) atoms. The Kier molecular flexibility index (Phi) is 6.51. The highest BCUT2D eigenvalue weighted by molar-refractivity contribution is 7.81. The molecule has 176 valence electrons. The third-order valence-corrected chi connectivity index (χ3v) is 6.24. The Hall–Kier alpha value is -3.78. The number of amides is 2. The standard InChI is InChI=1S/C19H20N4O9S/c1-9-5-15(26)23(9)16(18(28)29)19(2,33(30)31)8-20-21-17(27)14-7-11(22-32-14)10-3-4-12(24)13(25)6-10/h3-4,6-9,16,24-25H,5H2,1-2H3,(H,21,27)(H,28,29)(H,30,31)/b20-8+/t9-,16+,19+/m1/s1. The first kappa shape index (κ1) is 23.9. The third-order valence-electron chi connectivity index (χ3n) is 5.16. The molecule has 13 nitrogen and oxygen atoms in total. The zero-order valence-corrected chi connectivity index (χ0v) is 18.1. The van der Waals surface area contributed by atoms with Gasteiger partial charge in [-0.15, -0.1) is 0 Å². The number of hydrogen-bond donors (Lipinski definition) is 5. The summed E-state index contributed by atoms with van der Waals surface area (Å²) >= 11 is -2.78. The first-order chi connectivity index (χ1) is 15.5. The molecule has 0 bridgehead atoms. The number of β-lactam (4-membered cyclic amide) rings is 1. The Bertz CT molecular complexity index is 1160. The Morgan fingerprint density at radius 3 is 2.61 bits per heavy atom. The van der Waals surface area contributed by atoms with E-state index in [1.807, 2.05) is 0 Å². The number of rotatable bonds is 8. The Labute approximate surface area is 189 Å². The zero-order chi connectivity index (χ0) is 24.5. The van der Waals surface area contributed by atoms with Crippen molar-refractivity contribution in [3.05, 3.63) is 30.0 Å². The number of carboxylic acid groups (broad SMARTS) is 1. The number of hydrogen-bond acceptors (Lipinski definition) is 9. The summed E-state index contributed by atoms with van der Waals surface area (Å²) in [7, 11) is 0. The molecule has 0 spiro atoms. The fourth-order valence-electron chi connectivity index (χ4n) is 3.32. The number of likely N-dealkylation sites (tertiary alicyclic amines) is 1. The number of aliphatic carboxylic acids is 1. The highest BCUT2D eigenvalue weighted by Crippen LogP contribution is 2.31. The van der Waals surface area contributed by atoms with Crippen LogP contribution in [-0.4, -0.2) is 75.0 Å². The van der Waals surface area contributed by atoms with Gasteiger partial charge in [0.2, 0.25) is 11.7 Å². The molecule has 2 amide bonds. The first-order valence-corrected chi connectivity index (χ1v) is 10.5. The van der Waals surface area contributed by atoms with E-state index in [4.69, 9.17) is 4.52 Å². The Morgan fingerprint density at radius 2 is 2.06 bits per heavy atom. The van der Waals surface area contributed by atoms with Crippen molar-refractivity contribution >= 4 is 35.1 Å². The van der Waals surface area contributed by atoms with Crippen molar-refractivity contribution in [1.29, 1.82) is 0 Å². The van der Waals surface area contributed by atoms with Gasteiger partial charge >= 0.3 is 11.9 Å². The molecule has 0 radical (unpaired) electrons. The summed E-state index contributed by atoms with van der Waals surface area (Å²) in [6, 6.07) is 2.94. The number of carbonyl (C=O) groups excluding carboxylic acids is 2. The second kappa shape index (κ2) is 8.99. The van der Waals surface area contributed by atoms with Gasteiger partial charge in [-0.25, -0.2) is 14.4 Å². The van der Waals surface area contributed by atoms with E-state index in [9.17, 15) is 38.5 Å². The predicted molar refractivity (Wildman–Crippen MR) is 113 cm³/mol. The zero-order valence-electron chi connectivity index (χ0n) is 17.3. The maximum atomic E-state index is 12.3. The number of nitrogens with one attached hydrogen (secondary N) is 1. The van der Waals surface area contributed by atoms with Crippen LogP contribution in [0.3, 0.4) is 0 Å². The molecule has 0 aliphatic carbocycles. The molecular weight excluding hydrogens is 460 g/mol. The van der Waals surface area contributed by atoms with Crippen molar-refractivity contribution < 1.29 is 43.0 Å². The van der Waals surface area contributed by atoms with Crippen LogP contribution in [0, 0.1) is 0 Å². The molecule has 5 N–H and O–H groups in total. The summed E-state index contributed by atoms with van der Waals surface area (Å²) < 4.78 is 24.7. The van der Waals surface area contributed by atoms with E-state index < -0.39 is 51.4 Å². The van der Waals surface area contributed by atoms with Gasteiger partial charge in [-0.2, -0.15) is 5.10 Å². The number of aromatic nitrogens is 1. The molecule has 1 aromatic heterocycles. The second-order valence-electron chi connectivity index (χ2n) is 7.51. The normalized spacial score (nSPS) is 19.5. The third kappa shape index (κ3) is 4.56. The van der Waals surface area contributed by atoms with Crippen LogP contribution in [0.4, 0.5) is 0 Å². The second-order valence-corrected chi connectivity index (χ2v) is 8.88. The largest absolute Gasteiger partial charge is 0.504 e. The minimum Gasteiger partial charge on any atom is -0.504 e. The lowest BCUT2D eigenvalue weighted by Crippen LogP contribution is -2.67. The van der Waals surface area contributed by atoms with E-state index in [2.05, 4.69) is 15.7 Å². The van der Waals surface area contributed by atoms with Crippen molar-refractivity contribution in [3.8, 4) is 22.8 Å². The number of benzene rings is 1. The van der Waals surface area contributed by atoms with E-state index in [1.54, 1.807) is 6.92 Å². The van der Waals surface area contributed by atoms with E-state index in [0.717, 1.165) is 18.0 Å². The van der Waals surface area contributed by atoms with Crippen molar-refractivity contribution in [2.75, 3.05) is 0 Å². The molecule has 1 unspecified atom stereocenters. The summed E-state index contributed by atoms with van der Waals surface area (Å²) in [6.45, 7) is 2.73. The Balaban J connectivity index is 1.78. The van der Waals surface area contributed by atoms with E-state index in [-0.39, 0.29) is 23.6 Å². The molecule has 1 fully saturated rings. The van der Waals surface area contributed by atoms with Crippen LogP contribution in [-0.2, 0) is 20.7 Å². The van der Waals surface area contributed by atoms with E-state index >= 15 is 0 Å². The van der Waals surface area contributed by atoms with Gasteiger partial charge in [0.05, 0.1) is 0 Å². The number of carbonyl (C=O) groups is 3. The molecule has 1 aromatic carbocycles. The van der Waals surface area contributed by atoms with E-state index in [0.29, 0.717) is 5.56 Å². The smallest absolute Gasteiger partial charge is 0.328 e. The topological polar surface area (TPSA) is 203 Å². The van der Waals surface area contributed by atoms with Gasteiger partial charge < -0.3 is 29.3 Å². The van der Waals surface area contributed by atoms with Crippen LogP contribution < -0.4 is 5.43 Å². The highest BCUT2D eigenvalue weighted by Gasteiger charge is 2.53. The average molecular weight is 480 g/mol. The van der Waals surface area contributed by atoms with Crippen molar-refractivity contribution in [1.82, 2.24) is 15.5 Å². The van der Waals surface area contributed by atoms with Gasteiger partial charge in [0.15, 0.2) is 28.6 Å². The van der Waals surface area contributed by atoms with Crippen LogP contribution in [0.1, 0.15) is 30.8 Å². The fourth-order valence-corrected chi connectivity index (χ4v) is 3.86. The van der Waals surface area contributed by atoms with Gasteiger partial charge in [0.1, 0.15) is 10.4 Å². The number of carboxylic acids is 1. The molecule has 1 saturated heterocycles. The molecule has 3 rings (SSSR count). The van der Waals surface area contributed by atoms with Crippen LogP contribution in [0.25, 0.3) is 11.3 Å². The molecular formula is C19H20N4O9S. The SMILES string of the molecule is C[C@@H]1CC(=O)N1[C@@H](C(=O)O)[C@](C)(/C=N/NC(=O)c1cc(-c2ccc(O)c(O)c2)no1)S(=O)O. The summed E-state index contributed by atoms with van der Waals surface area (Å²) in [6.07, 6.45) is 0.895. The number of phenols is 2. The monoisotopic (exact) mass is 480 g/mol. The molecule has 2 aromatic rings. The van der Waals surface area contributed by atoms with Crippen molar-refractivity contribution in [3.63, 3.8) is 0 Å². The Morgan fingerprint density at radius 1 is 1.36 bits per heavy atom. The van der Waals surface area contributed by atoms with Gasteiger partial charge in [0.25, 0.3) is 0 Å². The first-order valence-electron chi connectivity index (χ1n) is 9.44. The van der Waals surface area contributed by atoms with Crippen molar-refractivity contribution in [2.45, 2.75) is 37.1 Å². The maximum Gasteiger partial charge on any atom is 0.328 e. The molecule has 14 heteroatoms. The number of nitrogens with zero attached hydrogens (tertiary/aromatic N) is 3. The lowest BCUT2D eigenvalue weighted by molar-refractivity contribution is -0.161. The van der Waals surface area contributed by atoms with Gasteiger partial charge in [-0.05, 0) is 32.0 Å². The summed E-state index contributed by atoms with van der Waals surface area (Å²) in [5.74, 6) is -3.94. The van der Waals surface area contributed by atoms with Gasteiger partial charge in [0, 0.05) is 30.3 Å². The number of phenolic OH excluding ortho intramolecular Hbond substituents is 2. The molecule has 1 aliphatic heterocycles. The predicted octanol–water partition coefficient (Wildman–Crippen LogP) is 0.523. The number of hydrazone groups is 1. The van der Waals surface area contributed by atoms with Crippen LogP contribution >= 0.6 is 0 Å². The minimum absolute atomic E-state index is 0.110. The molecule has 1 aliphatic rings. The van der Waals surface area contributed by atoms with Crippen LogP contribution in [0.2, 0.25) is 0 Å². The lowest BCUT2D eigenvalue weighted by atomic mass is 9.92. The summed E-state index contributed by atoms with van der Waals surface area (Å²) in [5, 5.41) is 35.8. The quantitative estimate of drug-likeness (QED) is 0.116.